The molecule has 7 nitrogen and oxygen atoms in total. The van der Waals surface area contributed by atoms with Crippen molar-refractivity contribution in [2.75, 3.05) is 13.1 Å². The van der Waals surface area contributed by atoms with Crippen molar-refractivity contribution in [2.24, 2.45) is 0 Å². The summed E-state index contributed by atoms with van der Waals surface area (Å²) in [6.45, 7) is 3.26. The molecule has 2 aromatic rings. The van der Waals surface area contributed by atoms with Crippen LogP contribution in [0.5, 0.6) is 0 Å². The number of amides is 1. The van der Waals surface area contributed by atoms with Crippen LogP contribution in [0.3, 0.4) is 0 Å². The summed E-state index contributed by atoms with van der Waals surface area (Å²) in [4.78, 5) is 20.4. The van der Waals surface area contributed by atoms with E-state index in [1.807, 2.05) is 13.0 Å². The number of carbonyl (C=O) groups excluding carboxylic acids is 1. The van der Waals surface area contributed by atoms with E-state index in [-0.39, 0.29) is 36.5 Å². The van der Waals surface area contributed by atoms with E-state index in [1.165, 1.54) is 38.5 Å². The molecule has 2 heterocycles. The number of nitrogens with zero attached hydrogens (tertiary/aromatic N) is 4. The highest BCUT2D eigenvalue weighted by molar-refractivity contribution is 5.90. The Morgan fingerprint density at radius 1 is 1.20 bits per heavy atom. The second-order valence-corrected chi connectivity index (χ2v) is 6.13. The Morgan fingerprint density at radius 2 is 1.92 bits per heavy atom. The highest BCUT2D eigenvalue weighted by Gasteiger charge is 2.14. The average molecular weight is 389 g/mol. The lowest BCUT2D eigenvalue weighted by atomic mass is 10.1. The molecule has 0 aliphatic heterocycles. The van der Waals surface area contributed by atoms with Gasteiger partial charge < -0.3 is 10.6 Å². The van der Waals surface area contributed by atoms with Crippen LogP contribution in [-0.2, 0) is 0 Å². The Bertz CT molecular complexity index is 670. The first-order valence-electron chi connectivity index (χ1n) is 8.44. The van der Waals surface area contributed by atoms with Crippen molar-refractivity contribution in [3.8, 4) is 0 Å². The smallest absolute Gasteiger partial charge is 0.291 e. The molecule has 1 aliphatic rings. The number of aryl methyl sites for hydroxylation is 1. The predicted molar refractivity (Wildman–Crippen MR) is 102 cm³/mol. The summed E-state index contributed by atoms with van der Waals surface area (Å²) < 4.78 is 1.58. The lowest BCUT2D eigenvalue weighted by Gasteiger charge is -2.15. The highest BCUT2D eigenvalue weighted by atomic mass is 35.5. The van der Waals surface area contributed by atoms with Crippen LogP contribution in [0.1, 0.15) is 54.8 Å². The third-order valence-corrected chi connectivity index (χ3v) is 4.33. The number of rotatable bonds is 5. The second-order valence-electron chi connectivity index (χ2n) is 6.13. The van der Waals surface area contributed by atoms with Gasteiger partial charge in [-0.2, -0.15) is 4.98 Å². The zero-order chi connectivity index (χ0) is 16.1. The summed E-state index contributed by atoms with van der Waals surface area (Å²) in [7, 11) is 0. The van der Waals surface area contributed by atoms with Crippen molar-refractivity contribution in [2.45, 2.75) is 51.5 Å². The number of nitrogens with one attached hydrogen (secondary N) is 2. The summed E-state index contributed by atoms with van der Waals surface area (Å²) in [5.74, 6) is 0.366. The fourth-order valence-corrected chi connectivity index (χ4v) is 3.02. The first kappa shape index (κ1) is 21.6. The molecule has 0 radical (unpaired) electrons. The average Bonchev–Trinajstić information content (AvgIpc) is 2.83. The Balaban J connectivity index is 0.00000156. The van der Waals surface area contributed by atoms with Gasteiger partial charge in [0.2, 0.25) is 5.82 Å². The summed E-state index contributed by atoms with van der Waals surface area (Å²) in [5, 5.41) is 10.6. The van der Waals surface area contributed by atoms with Crippen LogP contribution in [0.2, 0.25) is 0 Å². The van der Waals surface area contributed by atoms with E-state index < -0.39 is 0 Å². The third-order valence-electron chi connectivity index (χ3n) is 4.33. The van der Waals surface area contributed by atoms with E-state index in [4.69, 9.17) is 0 Å². The van der Waals surface area contributed by atoms with Gasteiger partial charge in [0.15, 0.2) is 0 Å². The van der Waals surface area contributed by atoms with E-state index in [2.05, 4.69) is 25.7 Å². The van der Waals surface area contributed by atoms with Gasteiger partial charge in [0, 0.05) is 31.0 Å². The molecule has 1 amide bonds. The normalized spacial score (nSPS) is 15.1. The van der Waals surface area contributed by atoms with Gasteiger partial charge in [-0.15, -0.1) is 29.9 Å². The summed E-state index contributed by atoms with van der Waals surface area (Å²) >= 11 is 0. The standard InChI is InChI=1S/C16H24N6O.2ClH/c1-12-8-9-19-16-20-14(21-22(12)16)15(23)18-11-10-17-13-6-4-2-3-5-7-13;;/h8-9,13,17H,2-7,10-11H2,1H3,(H,18,23);2*1H. The molecule has 1 saturated carbocycles. The van der Waals surface area contributed by atoms with E-state index in [0.717, 1.165) is 12.2 Å². The molecule has 25 heavy (non-hydrogen) atoms. The van der Waals surface area contributed by atoms with Gasteiger partial charge in [-0.3, -0.25) is 4.79 Å². The molecule has 9 heteroatoms. The summed E-state index contributed by atoms with van der Waals surface area (Å²) in [6.07, 6.45) is 9.46. The molecular formula is C16H26Cl2N6O. The van der Waals surface area contributed by atoms with Crippen molar-refractivity contribution in [3.05, 3.63) is 23.8 Å². The van der Waals surface area contributed by atoms with Crippen molar-refractivity contribution in [3.63, 3.8) is 0 Å². The van der Waals surface area contributed by atoms with E-state index in [0.29, 0.717) is 18.4 Å². The number of carbonyl (C=O) groups is 1. The van der Waals surface area contributed by atoms with Gasteiger partial charge in [-0.1, -0.05) is 25.7 Å². The Kier molecular flexibility index (Phi) is 9.10. The number of aromatic nitrogens is 4. The van der Waals surface area contributed by atoms with Gasteiger partial charge >= 0.3 is 0 Å². The lowest BCUT2D eigenvalue weighted by Crippen LogP contribution is -2.37. The summed E-state index contributed by atoms with van der Waals surface area (Å²) in [6, 6.07) is 2.43. The minimum atomic E-state index is -0.252. The molecule has 0 saturated heterocycles. The van der Waals surface area contributed by atoms with Gasteiger partial charge in [-0.25, -0.2) is 9.50 Å². The highest BCUT2D eigenvalue weighted by Crippen LogP contribution is 2.16. The molecule has 0 bridgehead atoms. The fraction of sp³-hybridized carbons (Fsp3) is 0.625. The maximum atomic E-state index is 12.1. The van der Waals surface area contributed by atoms with Gasteiger partial charge in [0.05, 0.1) is 0 Å². The predicted octanol–water partition coefficient (Wildman–Crippen LogP) is 2.32. The van der Waals surface area contributed by atoms with E-state index >= 15 is 0 Å². The Labute approximate surface area is 160 Å². The van der Waals surface area contributed by atoms with Crippen LogP contribution in [-0.4, -0.2) is 44.6 Å². The molecule has 2 N–H and O–H groups in total. The monoisotopic (exact) mass is 388 g/mol. The topological polar surface area (TPSA) is 84.2 Å². The molecule has 0 atom stereocenters. The lowest BCUT2D eigenvalue weighted by molar-refractivity contribution is 0.0943. The first-order valence-corrected chi connectivity index (χ1v) is 8.44. The number of halogens is 2. The number of fused-ring (bicyclic) bond motifs is 1. The van der Waals surface area contributed by atoms with Gasteiger partial charge in [0.25, 0.3) is 11.7 Å². The van der Waals surface area contributed by atoms with Crippen LogP contribution in [0.4, 0.5) is 0 Å². The number of hydrogen-bond donors (Lipinski definition) is 2. The molecule has 0 unspecified atom stereocenters. The fourth-order valence-electron chi connectivity index (χ4n) is 3.02. The molecule has 3 rings (SSSR count). The Morgan fingerprint density at radius 3 is 2.60 bits per heavy atom. The zero-order valence-electron chi connectivity index (χ0n) is 14.4. The van der Waals surface area contributed by atoms with Crippen LogP contribution in [0.15, 0.2) is 12.3 Å². The minimum absolute atomic E-state index is 0. The van der Waals surface area contributed by atoms with Crippen molar-refractivity contribution < 1.29 is 4.79 Å². The second kappa shape index (κ2) is 10.5. The Hall–Kier alpha value is -1.44. The van der Waals surface area contributed by atoms with Gasteiger partial charge in [-0.05, 0) is 25.8 Å². The SMILES string of the molecule is Cc1ccnc2nc(C(=O)NCCNC3CCCCCC3)nn12.Cl.Cl. The summed E-state index contributed by atoms with van der Waals surface area (Å²) in [5.41, 5.74) is 0.900. The van der Waals surface area contributed by atoms with E-state index in [1.54, 1.807) is 10.7 Å². The molecule has 1 fully saturated rings. The maximum absolute atomic E-state index is 12.1. The van der Waals surface area contributed by atoms with Crippen LogP contribution in [0.25, 0.3) is 5.78 Å². The van der Waals surface area contributed by atoms with Crippen LogP contribution in [0, 0.1) is 6.92 Å². The van der Waals surface area contributed by atoms with Gasteiger partial charge in [0.1, 0.15) is 0 Å². The van der Waals surface area contributed by atoms with Crippen molar-refractivity contribution in [1.82, 2.24) is 30.2 Å². The van der Waals surface area contributed by atoms with Crippen LogP contribution < -0.4 is 10.6 Å². The maximum Gasteiger partial charge on any atom is 0.291 e. The minimum Gasteiger partial charge on any atom is -0.348 e. The number of hydrogen-bond acceptors (Lipinski definition) is 5. The van der Waals surface area contributed by atoms with Crippen molar-refractivity contribution in [1.29, 1.82) is 0 Å². The van der Waals surface area contributed by atoms with E-state index in [9.17, 15) is 4.79 Å². The quantitative estimate of drug-likeness (QED) is 0.606. The third kappa shape index (κ3) is 5.80. The molecular weight excluding hydrogens is 363 g/mol. The molecule has 2 aromatic heterocycles. The largest absolute Gasteiger partial charge is 0.348 e. The van der Waals surface area contributed by atoms with Crippen LogP contribution >= 0.6 is 24.8 Å². The molecule has 0 spiro atoms. The zero-order valence-corrected chi connectivity index (χ0v) is 16.0. The molecule has 1 aliphatic carbocycles. The molecule has 140 valence electrons. The first-order chi connectivity index (χ1) is 11.2. The van der Waals surface area contributed by atoms with Crippen molar-refractivity contribution >= 4 is 36.5 Å². The molecule has 0 aromatic carbocycles.